The third kappa shape index (κ3) is 496. The van der Waals surface area contributed by atoms with E-state index in [2.05, 4.69) is 20.0 Å². The van der Waals surface area contributed by atoms with E-state index in [9.17, 15) is 0 Å². The Bertz CT molecular complexity index is 61.3. The SMILES string of the molecule is C[PH+](C)C.O=[P+](O)O.[Br-]. The van der Waals surface area contributed by atoms with Gasteiger partial charge >= 0.3 is 8.25 Å². The Labute approximate surface area is 68.0 Å². The van der Waals surface area contributed by atoms with Crippen molar-refractivity contribution in [3.63, 3.8) is 0 Å². The van der Waals surface area contributed by atoms with Crippen molar-refractivity contribution in [1.82, 2.24) is 0 Å². The second kappa shape index (κ2) is 11.7. The van der Waals surface area contributed by atoms with Crippen LogP contribution in [0.5, 0.6) is 0 Å². The second-order valence-electron chi connectivity index (χ2n) is 1.75. The highest BCUT2D eigenvalue weighted by Crippen LogP contribution is 2.14. The summed E-state index contributed by atoms with van der Waals surface area (Å²) in [5, 5.41) is 0. The molecule has 0 unspecified atom stereocenters. The van der Waals surface area contributed by atoms with Crippen LogP contribution in [0.15, 0.2) is 0 Å². The van der Waals surface area contributed by atoms with Gasteiger partial charge in [0.2, 0.25) is 0 Å². The molecule has 0 radical (unpaired) electrons. The zero-order chi connectivity index (χ0) is 7.15. The highest BCUT2D eigenvalue weighted by atomic mass is 79.9. The fourth-order valence-corrected chi connectivity index (χ4v) is 0. The summed E-state index contributed by atoms with van der Waals surface area (Å²) in [7, 11) is -2.75. The van der Waals surface area contributed by atoms with Crippen molar-refractivity contribution < 1.29 is 31.3 Å². The molecule has 0 atom stereocenters. The Morgan fingerprint density at radius 1 is 1.22 bits per heavy atom. The molecule has 0 aliphatic rings. The van der Waals surface area contributed by atoms with Crippen LogP contribution in [0.3, 0.4) is 0 Å². The predicted molar refractivity (Wildman–Crippen MR) is 38.1 cm³/mol. The molecule has 0 aromatic carbocycles. The molecule has 0 amide bonds. The fourth-order valence-electron chi connectivity index (χ4n) is 0. The molecule has 58 valence electrons. The molecule has 0 aromatic rings. The molecule has 3 nitrogen and oxygen atoms in total. The van der Waals surface area contributed by atoms with Gasteiger partial charge in [0, 0.05) is 24.6 Å². The first-order valence-electron chi connectivity index (χ1n) is 2.08. The number of rotatable bonds is 0. The summed E-state index contributed by atoms with van der Waals surface area (Å²) in [5.74, 6) is 0. The van der Waals surface area contributed by atoms with E-state index in [0.717, 1.165) is 0 Å². The van der Waals surface area contributed by atoms with Gasteiger partial charge in [-0.25, -0.2) is 0 Å². The monoisotopic (exact) mass is 237 g/mol. The van der Waals surface area contributed by atoms with Gasteiger partial charge in [0.15, 0.2) is 0 Å². The van der Waals surface area contributed by atoms with Gasteiger partial charge in [-0.1, -0.05) is 0 Å². The third-order valence-electron chi connectivity index (χ3n) is 0. The topological polar surface area (TPSA) is 57.5 Å². The normalized spacial score (nSPS) is 6.89. The molecule has 6 heteroatoms. The molecule has 0 aromatic heterocycles. The van der Waals surface area contributed by atoms with E-state index >= 15 is 0 Å². The van der Waals surface area contributed by atoms with Crippen molar-refractivity contribution in [2.45, 2.75) is 0 Å². The van der Waals surface area contributed by atoms with Crippen molar-refractivity contribution in [2.24, 2.45) is 0 Å². The van der Waals surface area contributed by atoms with E-state index < -0.39 is 8.25 Å². The maximum absolute atomic E-state index is 8.70. The van der Waals surface area contributed by atoms with Crippen molar-refractivity contribution in [1.29, 1.82) is 0 Å². The molecule has 0 heterocycles. The van der Waals surface area contributed by atoms with Crippen molar-refractivity contribution in [3.05, 3.63) is 0 Å². The third-order valence-corrected chi connectivity index (χ3v) is 0. The van der Waals surface area contributed by atoms with Gasteiger partial charge < -0.3 is 17.0 Å². The van der Waals surface area contributed by atoms with E-state index in [1.807, 2.05) is 0 Å². The minimum atomic E-state index is -2.87. The molecule has 9 heavy (non-hydrogen) atoms. The Kier molecular flexibility index (Phi) is 21.4. The Hall–Kier alpha value is 0.930. The van der Waals surface area contributed by atoms with Crippen LogP contribution in [-0.4, -0.2) is 29.8 Å². The van der Waals surface area contributed by atoms with Gasteiger partial charge in [0.1, 0.15) is 0 Å². The van der Waals surface area contributed by atoms with Crippen LogP contribution in [0, 0.1) is 0 Å². The van der Waals surface area contributed by atoms with Crippen molar-refractivity contribution >= 4 is 16.2 Å². The minimum absolute atomic E-state index is 0. The lowest BCUT2D eigenvalue weighted by molar-refractivity contribution is -0.00000654. The largest absolute Gasteiger partial charge is 1.00 e. The first-order chi connectivity index (χ1) is 3.46. The van der Waals surface area contributed by atoms with E-state index in [-0.39, 0.29) is 24.9 Å². The Morgan fingerprint density at radius 2 is 1.22 bits per heavy atom. The number of halogens is 1. The second-order valence-corrected chi connectivity index (χ2v) is 5.26. The van der Waals surface area contributed by atoms with Crippen LogP contribution in [0.2, 0.25) is 0 Å². The molecular formula is C3H12BrO3P2+. The molecule has 0 saturated carbocycles. The zero-order valence-electron chi connectivity index (χ0n) is 5.63. The first-order valence-corrected chi connectivity index (χ1v) is 6.25. The lowest BCUT2D eigenvalue weighted by Crippen LogP contribution is -3.00. The lowest BCUT2D eigenvalue weighted by atomic mass is 11.9. The summed E-state index contributed by atoms with van der Waals surface area (Å²) < 4.78 is 8.70. The van der Waals surface area contributed by atoms with Gasteiger partial charge in [-0.15, -0.1) is 9.79 Å². The van der Waals surface area contributed by atoms with Crippen LogP contribution >= 0.6 is 16.2 Å². The summed E-state index contributed by atoms with van der Waals surface area (Å²) in [6, 6.07) is 0. The maximum Gasteiger partial charge on any atom is 0.692 e. The predicted octanol–water partition coefficient (Wildman–Crippen LogP) is -2.28. The molecule has 0 aliphatic heterocycles. The molecule has 0 spiro atoms. The van der Waals surface area contributed by atoms with Crippen molar-refractivity contribution in [3.8, 4) is 0 Å². The highest BCUT2D eigenvalue weighted by molar-refractivity contribution is 7.55. The van der Waals surface area contributed by atoms with Gasteiger partial charge in [-0.2, -0.15) is 0 Å². The van der Waals surface area contributed by atoms with Crippen LogP contribution in [-0.2, 0) is 4.57 Å². The molecule has 0 rings (SSSR count). The molecular weight excluding hydrogens is 226 g/mol. The fraction of sp³-hybridized carbons (Fsp3) is 1.00. The van der Waals surface area contributed by atoms with Crippen LogP contribution in [0.4, 0.5) is 0 Å². The first kappa shape index (κ1) is 16.5. The smallest absolute Gasteiger partial charge is 0.692 e. The van der Waals surface area contributed by atoms with Crippen LogP contribution in [0.1, 0.15) is 0 Å². The Balaban J connectivity index is -0.0000000720. The average Bonchev–Trinajstić information content (AvgIpc) is 1.25. The average molecular weight is 238 g/mol. The lowest BCUT2D eigenvalue weighted by Gasteiger charge is -1.71. The quantitative estimate of drug-likeness (QED) is 0.467. The minimum Gasteiger partial charge on any atom is -1.00 e. The molecule has 2 N–H and O–H groups in total. The number of hydrogen-bond donors (Lipinski definition) is 2. The molecule has 0 bridgehead atoms. The van der Waals surface area contributed by atoms with E-state index in [1.54, 1.807) is 0 Å². The van der Waals surface area contributed by atoms with Gasteiger partial charge in [0.05, 0.1) is 0 Å². The standard InChI is InChI=1S/C3H9P.BrH.HO3P/c1-4(2)3;;1-4(2)3/h1-3H3;1H;(H-,1,2,3)/p+1. The summed E-state index contributed by atoms with van der Waals surface area (Å²) in [6.07, 6.45) is 0. The summed E-state index contributed by atoms with van der Waals surface area (Å²) in [5.41, 5.74) is 0. The zero-order valence-corrected chi connectivity index (χ0v) is 9.11. The van der Waals surface area contributed by atoms with Crippen LogP contribution < -0.4 is 17.0 Å². The highest BCUT2D eigenvalue weighted by Gasteiger charge is 1.93. The van der Waals surface area contributed by atoms with E-state index in [4.69, 9.17) is 14.4 Å². The summed E-state index contributed by atoms with van der Waals surface area (Å²) in [4.78, 5) is 14.2. The summed E-state index contributed by atoms with van der Waals surface area (Å²) in [6.45, 7) is 6.81. The maximum atomic E-state index is 8.70. The van der Waals surface area contributed by atoms with Gasteiger partial charge in [-0.05, 0) is 7.92 Å². The van der Waals surface area contributed by atoms with E-state index in [1.165, 1.54) is 0 Å². The van der Waals surface area contributed by atoms with E-state index in [0.29, 0.717) is 0 Å². The van der Waals surface area contributed by atoms with Gasteiger partial charge in [-0.3, -0.25) is 0 Å². The summed E-state index contributed by atoms with van der Waals surface area (Å²) >= 11 is 0. The molecule has 0 saturated heterocycles. The molecule has 0 fully saturated rings. The number of hydrogen-bond acceptors (Lipinski definition) is 1. The van der Waals surface area contributed by atoms with Gasteiger partial charge in [0.25, 0.3) is 0 Å². The van der Waals surface area contributed by atoms with Crippen molar-refractivity contribution in [2.75, 3.05) is 20.0 Å². The Morgan fingerprint density at radius 3 is 1.22 bits per heavy atom. The molecule has 0 aliphatic carbocycles. The van der Waals surface area contributed by atoms with Crippen LogP contribution in [0.25, 0.3) is 0 Å².